The second-order valence-corrected chi connectivity index (χ2v) is 5.12. The van der Waals surface area contributed by atoms with Crippen LogP contribution in [-0.4, -0.2) is 30.5 Å². The van der Waals surface area contributed by atoms with Crippen LogP contribution in [0.15, 0.2) is 24.3 Å². The van der Waals surface area contributed by atoms with E-state index in [1.807, 2.05) is 12.1 Å². The molecule has 0 radical (unpaired) electrons. The number of ether oxygens (including phenoxy) is 1. The first-order valence-electron chi connectivity index (χ1n) is 6.17. The molecule has 0 spiro atoms. The second kappa shape index (κ2) is 5.74. The number of halogens is 1. The maximum absolute atomic E-state index is 6.06. The number of nitrogens with zero attached hydrogens (tertiary/aromatic N) is 1. The fraction of sp³-hybridized carbons (Fsp3) is 0.571. The van der Waals surface area contributed by atoms with E-state index in [9.17, 15) is 0 Å². The first-order valence-corrected chi connectivity index (χ1v) is 6.71. The predicted octanol–water partition coefficient (Wildman–Crippen LogP) is 3.14. The molecule has 0 amide bonds. The molecule has 0 bridgehead atoms. The Hall–Kier alpha value is -0.730. The van der Waals surface area contributed by atoms with Gasteiger partial charge < -0.3 is 4.74 Å². The molecule has 1 aliphatic heterocycles. The lowest BCUT2D eigenvalue weighted by atomic mass is 10.0. The molecule has 94 valence electrons. The summed E-state index contributed by atoms with van der Waals surface area (Å²) in [6, 6.07) is 8.80. The summed E-state index contributed by atoms with van der Waals surface area (Å²) in [4.78, 5) is 2.48. The maximum Gasteiger partial charge on any atom is 0.119 e. The molecule has 0 saturated carbocycles. The zero-order chi connectivity index (χ0) is 12.3. The summed E-state index contributed by atoms with van der Waals surface area (Å²) in [6.45, 7) is 4.41. The minimum atomic E-state index is 0.517. The van der Waals surface area contributed by atoms with Crippen molar-refractivity contribution in [1.82, 2.24) is 4.90 Å². The smallest absolute Gasteiger partial charge is 0.119 e. The molecule has 0 aromatic heterocycles. The number of alkyl halides is 1. The third-order valence-corrected chi connectivity index (χ3v) is 3.99. The number of rotatable bonds is 4. The van der Waals surface area contributed by atoms with E-state index in [0.717, 1.165) is 24.7 Å². The lowest BCUT2D eigenvalue weighted by Gasteiger charge is -2.25. The molecule has 1 aromatic carbocycles. The monoisotopic (exact) mass is 253 g/mol. The normalized spacial score (nSPS) is 25.1. The average Bonchev–Trinajstić information content (AvgIpc) is 2.70. The van der Waals surface area contributed by atoms with Crippen LogP contribution in [0, 0.1) is 5.92 Å². The van der Waals surface area contributed by atoms with Crippen LogP contribution in [0.3, 0.4) is 0 Å². The number of hydrogen-bond donors (Lipinski definition) is 0. The highest BCUT2D eigenvalue weighted by molar-refractivity contribution is 6.18. The van der Waals surface area contributed by atoms with Crippen LogP contribution < -0.4 is 4.74 Å². The van der Waals surface area contributed by atoms with E-state index in [0.29, 0.717) is 12.0 Å². The van der Waals surface area contributed by atoms with Crippen LogP contribution in [0.25, 0.3) is 0 Å². The molecule has 1 heterocycles. The van der Waals surface area contributed by atoms with E-state index < -0.39 is 0 Å². The largest absolute Gasteiger partial charge is 0.497 e. The van der Waals surface area contributed by atoms with Gasteiger partial charge in [-0.25, -0.2) is 0 Å². The zero-order valence-corrected chi connectivity index (χ0v) is 11.3. The van der Waals surface area contributed by atoms with Crippen molar-refractivity contribution in [2.45, 2.75) is 25.9 Å². The van der Waals surface area contributed by atoms with Crippen LogP contribution in [0.2, 0.25) is 0 Å². The van der Waals surface area contributed by atoms with Crippen molar-refractivity contribution in [3.05, 3.63) is 29.8 Å². The summed E-state index contributed by atoms with van der Waals surface area (Å²) in [5.74, 6) is 2.36. The lowest BCUT2D eigenvalue weighted by molar-refractivity contribution is 0.242. The maximum atomic E-state index is 6.06. The Labute approximate surface area is 109 Å². The highest BCUT2D eigenvalue weighted by Gasteiger charge is 2.30. The third kappa shape index (κ3) is 2.93. The highest BCUT2D eigenvalue weighted by atomic mass is 35.5. The Kier molecular flexibility index (Phi) is 4.30. The number of hydrogen-bond acceptors (Lipinski definition) is 2. The van der Waals surface area contributed by atoms with Crippen LogP contribution in [0.4, 0.5) is 0 Å². The van der Waals surface area contributed by atoms with E-state index in [-0.39, 0.29) is 0 Å². The van der Waals surface area contributed by atoms with Crippen LogP contribution in [0.1, 0.15) is 18.9 Å². The van der Waals surface area contributed by atoms with Crippen LogP contribution in [0.5, 0.6) is 5.75 Å². The van der Waals surface area contributed by atoms with Gasteiger partial charge in [-0.15, -0.1) is 11.6 Å². The van der Waals surface area contributed by atoms with Gasteiger partial charge in [0.25, 0.3) is 0 Å². The van der Waals surface area contributed by atoms with E-state index in [2.05, 4.69) is 24.0 Å². The Morgan fingerprint density at radius 2 is 2.29 bits per heavy atom. The highest BCUT2D eigenvalue weighted by Crippen LogP contribution is 2.27. The van der Waals surface area contributed by atoms with E-state index in [1.165, 1.54) is 12.0 Å². The SMILES string of the molecule is COc1cccc(CN2CCC(C)C2CCl)c1. The quantitative estimate of drug-likeness (QED) is 0.765. The van der Waals surface area contributed by atoms with Crippen LogP contribution in [-0.2, 0) is 6.54 Å². The molecule has 1 fully saturated rings. The van der Waals surface area contributed by atoms with Gasteiger partial charge in [0.15, 0.2) is 0 Å². The van der Waals surface area contributed by atoms with Crippen molar-refractivity contribution in [2.75, 3.05) is 19.5 Å². The first kappa shape index (κ1) is 12.7. The predicted molar refractivity (Wildman–Crippen MR) is 71.7 cm³/mol. The Morgan fingerprint density at radius 3 is 3.00 bits per heavy atom. The number of benzene rings is 1. The van der Waals surface area contributed by atoms with Gasteiger partial charge in [-0.1, -0.05) is 19.1 Å². The Bertz CT molecular complexity index is 369. The van der Waals surface area contributed by atoms with Gasteiger partial charge in [-0.05, 0) is 36.6 Å². The summed E-state index contributed by atoms with van der Waals surface area (Å²) in [5.41, 5.74) is 1.30. The van der Waals surface area contributed by atoms with Gasteiger partial charge in [0.05, 0.1) is 7.11 Å². The number of likely N-dealkylation sites (tertiary alicyclic amines) is 1. The van der Waals surface area contributed by atoms with Crippen molar-refractivity contribution in [3.8, 4) is 5.75 Å². The van der Waals surface area contributed by atoms with Gasteiger partial charge in [-0.3, -0.25) is 4.90 Å². The van der Waals surface area contributed by atoms with Crippen molar-refractivity contribution < 1.29 is 4.74 Å². The van der Waals surface area contributed by atoms with Crippen LogP contribution >= 0.6 is 11.6 Å². The number of methoxy groups -OCH3 is 1. The molecule has 0 aliphatic carbocycles. The molecule has 17 heavy (non-hydrogen) atoms. The molecule has 1 saturated heterocycles. The summed E-state index contributed by atoms with van der Waals surface area (Å²) in [6.07, 6.45) is 1.25. The molecular weight excluding hydrogens is 234 g/mol. The van der Waals surface area contributed by atoms with Gasteiger partial charge in [0, 0.05) is 18.5 Å². The average molecular weight is 254 g/mol. The Morgan fingerprint density at radius 1 is 1.47 bits per heavy atom. The van der Waals surface area contributed by atoms with Gasteiger partial charge in [0.1, 0.15) is 5.75 Å². The van der Waals surface area contributed by atoms with Crippen molar-refractivity contribution in [2.24, 2.45) is 5.92 Å². The standard InChI is InChI=1S/C14H20ClNO/c1-11-6-7-16(14(11)9-15)10-12-4-3-5-13(8-12)17-2/h3-5,8,11,14H,6-7,9-10H2,1-2H3. The Balaban J connectivity index is 2.04. The lowest BCUT2D eigenvalue weighted by Crippen LogP contribution is -2.33. The molecule has 1 aromatic rings. The van der Waals surface area contributed by atoms with Crippen molar-refractivity contribution in [3.63, 3.8) is 0 Å². The fourth-order valence-corrected chi connectivity index (χ4v) is 3.04. The third-order valence-electron chi connectivity index (χ3n) is 3.68. The second-order valence-electron chi connectivity index (χ2n) is 4.81. The minimum Gasteiger partial charge on any atom is -0.497 e. The molecule has 2 atom stereocenters. The van der Waals surface area contributed by atoms with E-state index in [1.54, 1.807) is 7.11 Å². The molecule has 3 heteroatoms. The zero-order valence-electron chi connectivity index (χ0n) is 10.5. The van der Waals surface area contributed by atoms with Crippen molar-refractivity contribution >= 4 is 11.6 Å². The van der Waals surface area contributed by atoms with Crippen molar-refractivity contribution in [1.29, 1.82) is 0 Å². The molecular formula is C14H20ClNO. The molecule has 2 unspecified atom stereocenters. The summed E-state index contributed by atoms with van der Waals surface area (Å²) in [5, 5.41) is 0. The fourth-order valence-electron chi connectivity index (χ4n) is 2.54. The summed E-state index contributed by atoms with van der Waals surface area (Å²) < 4.78 is 5.25. The summed E-state index contributed by atoms with van der Waals surface area (Å²) >= 11 is 6.06. The first-order chi connectivity index (χ1) is 8.24. The summed E-state index contributed by atoms with van der Waals surface area (Å²) in [7, 11) is 1.71. The van der Waals surface area contributed by atoms with E-state index >= 15 is 0 Å². The van der Waals surface area contributed by atoms with Gasteiger partial charge >= 0.3 is 0 Å². The molecule has 2 rings (SSSR count). The minimum absolute atomic E-state index is 0.517. The molecule has 1 aliphatic rings. The molecule has 0 N–H and O–H groups in total. The topological polar surface area (TPSA) is 12.5 Å². The molecule has 2 nitrogen and oxygen atoms in total. The van der Waals surface area contributed by atoms with Gasteiger partial charge in [-0.2, -0.15) is 0 Å². The van der Waals surface area contributed by atoms with E-state index in [4.69, 9.17) is 16.3 Å². The van der Waals surface area contributed by atoms with Gasteiger partial charge in [0.2, 0.25) is 0 Å².